The summed E-state index contributed by atoms with van der Waals surface area (Å²) in [6.07, 6.45) is 2.92. The van der Waals surface area contributed by atoms with Crippen LogP contribution in [-0.4, -0.2) is 108 Å². The molecule has 1 unspecified atom stereocenters. The number of hydrogen-bond donors (Lipinski definition) is 4. The molecule has 23 heteroatoms. The third-order valence-electron chi connectivity index (χ3n) is 11.0. The number of allylic oxidation sites excluding steroid dienone is 1. The summed E-state index contributed by atoms with van der Waals surface area (Å²) in [4.78, 5) is 94.6. The van der Waals surface area contributed by atoms with E-state index in [1.807, 2.05) is 6.92 Å². The van der Waals surface area contributed by atoms with Crippen LogP contribution < -0.4 is 21.3 Å². The van der Waals surface area contributed by atoms with Crippen molar-refractivity contribution in [3.8, 4) is 0 Å². The first-order chi connectivity index (χ1) is 33.3. The Morgan fingerprint density at radius 2 is 1.45 bits per heavy atom. The predicted molar refractivity (Wildman–Crippen MR) is 266 cm³/mol. The Morgan fingerprint density at radius 3 is 1.97 bits per heavy atom. The summed E-state index contributed by atoms with van der Waals surface area (Å²) in [7, 11) is 0.247. The lowest BCUT2D eigenvalue weighted by Crippen LogP contribution is -2.55. The van der Waals surface area contributed by atoms with E-state index in [1.54, 1.807) is 61.5 Å². The molecule has 4 heterocycles. The van der Waals surface area contributed by atoms with Gasteiger partial charge in [-0.1, -0.05) is 52.7 Å². The molecule has 4 N–H and O–H groups in total. The van der Waals surface area contributed by atoms with Crippen molar-refractivity contribution in [1.82, 2.24) is 41.1 Å². The van der Waals surface area contributed by atoms with Crippen molar-refractivity contribution in [3.63, 3.8) is 0 Å². The fourth-order valence-electron chi connectivity index (χ4n) is 8.22. The van der Waals surface area contributed by atoms with Crippen LogP contribution in [0.5, 0.6) is 0 Å². The van der Waals surface area contributed by atoms with Gasteiger partial charge >= 0.3 is 12.1 Å². The highest BCUT2D eigenvalue weighted by Crippen LogP contribution is 2.35. The lowest BCUT2D eigenvalue weighted by Gasteiger charge is -2.35. The molecular formula is C48H70N8O13SSi. The molecule has 1 saturated heterocycles. The maximum Gasteiger partial charge on any atom is 0.413 e. The number of esters is 1. The van der Waals surface area contributed by atoms with Gasteiger partial charge in [0.15, 0.2) is 25.9 Å². The SMILES string of the molecule is C=C(NC(=O)c1nc(/C(=C\C)NC(=O)c2csc(C(NC(=O)c3nc(/C(=C/[C@H](C)O[Si](CCC)(CCC)CCC)NC(=O)[C@@H]4[C@@H](C)OC(C)(C)N4C(=O)OC(C)(C)C)oc3C)OC)n2)oc1C)C(=O)OC. The van der Waals surface area contributed by atoms with E-state index in [9.17, 15) is 28.8 Å². The number of oxazole rings is 2. The van der Waals surface area contributed by atoms with E-state index in [1.165, 1.54) is 30.4 Å². The molecule has 1 fully saturated rings. The average molecular weight is 1030 g/mol. The molecule has 0 aromatic carbocycles. The molecule has 4 rings (SSSR count). The van der Waals surface area contributed by atoms with Gasteiger partial charge in [-0.05, 0) is 93.4 Å². The number of carbonyl (C=O) groups is 6. The van der Waals surface area contributed by atoms with Crippen molar-refractivity contribution < 1.29 is 61.0 Å². The van der Waals surface area contributed by atoms with Gasteiger partial charge in [0.25, 0.3) is 17.7 Å². The number of thiazole rings is 1. The van der Waals surface area contributed by atoms with Crippen LogP contribution in [0.1, 0.15) is 161 Å². The van der Waals surface area contributed by atoms with E-state index < -0.39 is 79.8 Å². The predicted octanol–water partition coefficient (Wildman–Crippen LogP) is 7.82. The molecule has 0 radical (unpaired) electrons. The summed E-state index contributed by atoms with van der Waals surface area (Å²) >= 11 is 1.03. The Labute approximate surface area is 420 Å². The van der Waals surface area contributed by atoms with Gasteiger partial charge in [-0.25, -0.2) is 24.5 Å². The van der Waals surface area contributed by atoms with E-state index in [4.69, 9.17) is 27.5 Å². The number of ether oxygens (including phenoxy) is 4. The molecule has 21 nitrogen and oxygen atoms in total. The van der Waals surface area contributed by atoms with Gasteiger partial charge < -0.3 is 53.5 Å². The summed E-state index contributed by atoms with van der Waals surface area (Å²) in [6.45, 7) is 26.7. The van der Waals surface area contributed by atoms with E-state index >= 15 is 0 Å². The van der Waals surface area contributed by atoms with Crippen molar-refractivity contribution in [2.24, 2.45) is 0 Å². The van der Waals surface area contributed by atoms with E-state index in [0.717, 1.165) is 55.8 Å². The van der Waals surface area contributed by atoms with Crippen LogP contribution in [0.3, 0.4) is 0 Å². The zero-order valence-electron chi connectivity index (χ0n) is 43.5. The van der Waals surface area contributed by atoms with E-state index in [2.05, 4.69) is 68.3 Å². The molecule has 4 atom stereocenters. The monoisotopic (exact) mass is 1030 g/mol. The van der Waals surface area contributed by atoms with Crippen molar-refractivity contribution in [1.29, 1.82) is 0 Å². The molecule has 0 spiro atoms. The lowest BCUT2D eigenvalue weighted by atomic mass is 10.1. The number of aromatic nitrogens is 3. The van der Waals surface area contributed by atoms with Crippen LogP contribution >= 0.6 is 11.3 Å². The molecule has 1 aliphatic rings. The topological polar surface area (TPSA) is 265 Å². The average Bonchev–Trinajstić information content (AvgIpc) is 4.07. The molecular weight excluding hydrogens is 957 g/mol. The second-order valence-corrected chi connectivity index (χ2v) is 23.5. The molecule has 0 bridgehead atoms. The minimum atomic E-state index is -2.24. The number of nitrogens with one attached hydrogen (secondary N) is 4. The number of nitrogens with zero attached hydrogens (tertiary/aromatic N) is 4. The first kappa shape index (κ1) is 57.6. The Bertz CT molecular complexity index is 2490. The highest BCUT2D eigenvalue weighted by Gasteiger charge is 2.53. The minimum Gasteiger partial charge on any atom is -0.464 e. The van der Waals surface area contributed by atoms with E-state index in [-0.39, 0.29) is 62.5 Å². The smallest absolute Gasteiger partial charge is 0.413 e. The molecule has 390 valence electrons. The first-order valence-corrected chi connectivity index (χ1v) is 26.9. The maximum atomic E-state index is 14.5. The van der Waals surface area contributed by atoms with Gasteiger partial charge in [-0.15, -0.1) is 11.3 Å². The van der Waals surface area contributed by atoms with Crippen molar-refractivity contribution in [2.75, 3.05) is 14.2 Å². The number of methoxy groups -OCH3 is 2. The summed E-state index contributed by atoms with van der Waals surface area (Å²) in [5.74, 6) is -3.60. The highest BCUT2D eigenvalue weighted by atomic mass is 32.1. The normalized spacial score (nSPS) is 17.0. The molecule has 0 saturated carbocycles. The standard InChI is InChI=1S/C48H70N8O13SSi/c1-17-21-71(22-18-2,23-19-3)69-26(5)24-32(51-40(60)36-30(9)67-48(13,14)56(36)46(62)68-47(10,11)12)42-54-35(29(8)66-42)39(59)55-43(63-15)44-52-33(25-70-44)37(57)50-31(20-4)41-53-34(28(7)65-41)38(58)49-27(6)45(61)64-16/h20,24-26,30,36,43H,6,17-19,21-23H2,1-5,7-16H3,(H,49,58)(H,50,57)(H,51,60)(H,55,59)/b31-20+,32-24-/t26-,30+,36-,43?/m0/s1. The number of aryl methyl sites for hydroxylation is 2. The molecule has 3 aromatic rings. The minimum absolute atomic E-state index is 0.0440. The molecule has 5 amide bonds. The zero-order chi connectivity index (χ0) is 53.2. The number of hydrogen-bond acceptors (Lipinski definition) is 17. The van der Waals surface area contributed by atoms with Crippen molar-refractivity contribution >= 4 is 66.7 Å². The van der Waals surface area contributed by atoms with Crippen LogP contribution in [0, 0.1) is 13.8 Å². The number of carbonyl (C=O) groups excluding carboxylic acids is 6. The quantitative estimate of drug-likeness (QED) is 0.0323. The lowest BCUT2D eigenvalue weighted by molar-refractivity contribution is -0.136. The molecule has 71 heavy (non-hydrogen) atoms. The van der Waals surface area contributed by atoms with Crippen LogP contribution in [0.4, 0.5) is 4.79 Å². The third-order valence-corrected chi connectivity index (χ3v) is 17.0. The number of rotatable bonds is 22. The zero-order valence-corrected chi connectivity index (χ0v) is 45.3. The largest absolute Gasteiger partial charge is 0.464 e. The Balaban J connectivity index is 1.61. The summed E-state index contributed by atoms with van der Waals surface area (Å²) in [5, 5.41) is 12.3. The van der Waals surface area contributed by atoms with Crippen LogP contribution in [0.25, 0.3) is 11.4 Å². The molecule has 0 aliphatic carbocycles. The van der Waals surface area contributed by atoms with E-state index in [0.29, 0.717) is 0 Å². The van der Waals surface area contributed by atoms with Crippen molar-refractivity contribution in [2.45, 2.75) is 163 Å². The van der Waals surface area contributed by atoms with Gasteiger partial charge in [-0.3, -0.25) is 24.1 Å². The fourth-order valence-corrected chi connectivity index (χ4v) is 13.7. The van der Waals surface area contributed by atoms with Gasteiger partial charge in [0, 0.05) is 12.5 Å². The van der Waals surface area contributed by atoms with Crippen molar-refractivity contribution in [3.05, 3.63) is 75.2 Å². The summed E-state index contributed by atoms with van der Waals surface area (Å²) < 4.78 is 40.8. The highest BCUT2D eigenvalue weighted by molar-refractivity contribution is 7.09. The Kier molecular flexibility index (Phi) is 19.8. The third kappa shape index (κ3) is 14.6. The number of amides is 5. The van der Waals surface area contributed by atoms with Gasteiger partial charge in [0.05, 0.1) is 19.3 Å². The summed E-state index contributed by atoms with van der Waals surface area (Å²) in [6, 6.07) is 1.74. The van der Waals surface area contributed by atoms with Gasteiger partial charge in [-0.2, -0.15) is 0 Å². The van der Waals surface area contributed by atoms with Gasteiger partial charge in [0.2, 0.25) is 17.7 Å². The van der Waals surface area contributed by atoms with Crippen LogP contribution in [-0.2, 0) is 33.0 Å². The van der Waals surface area contributed by atoms with Crippen LogP contribution in [0.15, 0.2) is 38.6 Å². The Hall–Kier alpha value is -6.01. The van der Waals surface area contributed by atoms with Gasteiger partial charge in [0.1, 0.15) is 56.7 Å². The molecule has 3 aromatic heterocycles. The first-order valence-electron chi connectivity index (χ1n) is 23.5. The fraction of sp³-hybridized carbons (Fsp3) is 0.562. The molecule has 1 aliphatic heterocycles. The second kappa shape index (κ2) is 24.4. The second-order valence-electron chi connectivity index (χ2n) is 18.5. The maximum absolute atomic E-state index is 14.5. The Morgan fingerprint density at radius 1 is 0.887 bits per heavy atom. The summed E-state index contributed by atoms with van der Waals surface area (Å²) in [5.41, 5.74) is -2.48. The van der Waals surface area contributed by atoms with Crippen LogP contribution in [0.2, 0.25) is 18.1 Å².